The van der Waals surface area contributed by atoms with E-state index in [0.29, 0.717) is 0 Å². The molecule has 0 aromatic carbocycles. The Morgan fingerprint density at radius 2 is 2.00 bits per heavy atom. The Labute approximate surface area is 63.2 Å². The van der Waals surface area contributed by atoms with Gasteiger partial charge < -0.3 is 11.1 Å². The number of nitrogens with two attached hydrogens (primary N) is 1. The van der Waals surface area contributed by atoms with Gasteiger partial charge in [0.15, 0.2) is 0 Å². The van der Waals surface area contributed by atoms with E-state index in [1.54, 1.807) is 0 Å². The second-order valence-electron chi connectivity index (χ2n) is 3.42. The number of hydrogen-bond donors (Lipinski definition) is 2. The third kappa shape index (κ3) is 1.96. The SMILES string of the molecule is CNCCC1(N)CCCC1. The molecule has 2 heteroatoms. The van der Waals surface area contributed by atoms with Crippen molar-refractivity contribution in [3.05, 3.63) is 0 Å². The lowest BCUT2D eigenvalue weighted by molar-refractivity contribution is 0.400. The number of rotatable bonds is 3. The summed E-state index contributed by atoms with van der Waals surface area (Å²) in [7, 11) is 1.98. The summed E-state index contributed by atoms with van der Waals surface area (Å²) in [5.74, 6) is 0. The highest BCUT2D eigenvalue weighted by Crippen LogP contribution is 2.29. The largest absolute Gasteiger partial charge is 0.325 e. The van der Waals surface area contributed by atoms with Crippen LogP contribution in [-0.2, 0) is 0 Å². The second kappa shape index (κ2) is 3.35. The first kappa shape index (κ1) is 8.02. The molecule has 0 aromatic heterocycles. The highest BCUT2D eigenvalue weighted by molar-refractivity contribution is 4.89. The van der Waals surface area contributed by atoms with Crippen molar-refractivity contribution < 1.29 is 0 Å². The van der Waals surface area contributed by atoms with Crippen LogP contribution < -0.4 is 11.1 Å². The molecule has 0 saturated heterocycles. The Balaban J connectivity index is 2.22. The summed E-state index contributed by atoms with van der Waals surface area (Å²) in [5, 5.41) is 3.14. The smallest absolute Gasteiger partial charge is 0.0166 e. The van der Waals surface area contributed by atoms with Crippen LogP contribution in [0.5, 0.6) is 0 Å². The van der Waals surface area contributed by atoms with Crippen molar-refractivity contribution in [2.75, 3.05) is 13.6 Å². The fourth-order valence-corrected chi connectivity index (χ4v) is 1.70. The summed E-state index contributed by atoms with van der Waals surface area (Å²) < 4.78 is 0. The zero-order valence-electron chi connectivity index (χ0n) is 6.82. The van der Waals surface area contributed by atoms with Crippen LogP contribution in [0.2, 0.25) is 0 Å². The monoisotopic (exact) mass is 142 g/mol. The third-order valence-corrected chi connectivity index (χ3v) is 2.47. The Morgan fingerprint density at radius 1 is 1.40 bits per heavy atom. The van der Waals surface area contributed by atoms with E-state index in [0.717, 1.165) is 13.0 Å². The first-order valence-electron chi connectivity index (χ1n) is 4.20. The van der Waals surface area contributed by atoms with Gasteiger partial charge in [-0.2, -0.15) is 0 Å². The fraction of sp³-hybridized carbons (Fsp3) is 1.00. The van der Waals surface area contributed by atoms with Gasteiger partial charge in [0.1, 0.15) is 0 Å². The molecule has 1 aliphatic rings. The van der Waals surface area contributed by atoms with E-state index in [1.807, 2.05) is 7.05 Å². The maximum atomic E-state index is 6.11. The summed E-state index contributed by atoms with van der Waals surface area (Å²) in [6.07, 6.45) is 6.27. The van der Waals surface area contributed by atoms with E-state index in [2.05, 4.69) is 5.32 Å². The normalized spacial score (nSPS) is 23.4. The average molecular weight is 142 g/mol. The minimum absolute atomic E-state index is 0.184. The Bertz CT molecular complexity index is 95.4. The lowest BCUT2D eigenvalue weighted by Crippen LogP contribution is -2.38. The maximum absolute atomic E-state index is 6.11. The molecule has 0 heterocycles. The molecular weight excluding hydrogens is 124 g/mol. The topological polar surface area (TPSA) is 38.0 Å². The van der Waals surface area contributed by atoms with E-state index < -0.39 is 0 Å². The highest BCUT2D eigenvalue weighted by Gasteiger charge is 2.27. The maximum Gasteiger partial charge on any atom is 0.0166 e. The van der Waals surface area contributed by atoms with E-state index in [4.69, 9.17) is 5.73 Å². The molecule has 0 radical (unpaired) electrons. The van der Waals surface area contributed by atoms with Gasteiger partial charge in [0.25, 0.3) is 0 Å². The Hall–Kier alpha value is -0.0800. The van der Waals surface area contributed by atoms with Crippen LogP contribution in [0.15, 0.2) is 0 Å². The van der Waals surface area contributed by atoms with Crippen molar-refractivity contribution in [2.24, 2.45) is 5.73 Å². The van der Waals surface area contributed by atoms with Crippen molar-refractivity contribution in [2.45, 2.75) is 37.6 Å². The number of hydrogen-bond acceptors (Lipinski definition) is 2. The van der Waals surface area contributed by atoms with Crippen LogP contribution in [0.3, 0.4) is 0 Å². The minimum Gasteiger partial charge on any atom is -0.325 e. The van der Waals surface area contributed by atoms with E-state index in [9.17, 15) is 0 Å². The molecule has 0 unspecified atom stereocenters. The fourth-order valence-electron chi connectivity index (χ4n) is 1.70. The van der Waals surface area contributed by atoms with Crippen LogP contribution in [0.1, 0.15) is 32.1 Å². The molecule has 1 fully saturated rings. The zero-order chi connectivity index (χ0) is 7.45. The second-order valence-corrected chi connectivity index (χ2v) is 3.42. The standard InChI is InChI=1S/C8H18N2/c1-10-7-6-8(9)4-2-3-5-8/h10H,2-7,9H2,1H3. The van der Waals surface area contributed by atoms with Crippen molar-refractivity contribution in [3.63, 3.8) is 0 Å². The van der Waals surface area contributed by atoms with Gasteiger partial charge in [-0.05, 0) is 32.9 Å². The quantitative estimate of drug-likeness (QED) is 0.613. The van der Waals surface area contributed by atoms with Gasteiger partial charge in [0.2, 0.25) is 0 Å². The molecule has 1 rings (SSSR count). The summed E-state index contributed by atoms with van der Waals surface area (Å²) in [4.78, 5) is 0. The number of nitrogens with one attached hydrogen (secondary N) is 1. The van der Waals surface area contributed by atoms with Gasteiger partial charge in [-0.15, -0.1) is 0 Å². The summed E-state index contributed by atoms with van der Waals surface area (Å²) >= 11 is 0. The van der Waals surface area contributed by atoms with Crippen LogP contribution in [-0.4, -0.2) is 19.1 Å². The van der Waals surface area contributed by atoms with Crippen LogP contribution in [0.25, 0.3) is 0 Å². The molecule has 0 bridgehead atoms. The van der Waals surface area contributed by atoms with Crippen molar-refractivity contribution in [1.82, 2.24) is 5.32 Å². The van der Waals surface area contributed by atoms with Crippen molar-refractivity contribution in [3.8, 4) is 0 Å². The van der Waals surface area contributed by atoms with Gasteiger partial charge in [-0.3, -0.25) is 0 Å². The molecule has 2 nitrogen and oxygen atoms in total. The van der Waals surface area contributed by atoms with Crippen molar-refractivity contribution >= 4 is 0 Å². The van der Waals surface area contributed by atoms with Gasteiger partial charge in [-0.25, -0.2) is 0 Å². The van der Waals surface area contributed by atoms with Crippen LogP contribution in [0, 0.1) is 0 Å². The molecule has 0 spiro atoms. The van der Waals surface area contributed by atoms with Gasteiger partial charge in [-0.1, -0.05) is 12.8 Å². The predicted octanol–water partition coefficient (Wildman–Crippen LogP) is 0.867. The zero-order valence-corrected chi connectivity index (χ0v) is 6.82. The van der Waals surface area contributed by atoms with Gasteiger partial charge in [0.05, 0.1) is 0 Å². The molecule has 0 atom stereocenters. The molecule has 0 amide bonds. The summed E-state index contributed by atoms with van der Waals surface area (Å²) in [5.41, 5.74) is 6.29. The van der Waals surface area contributed by atoms with Crippen LogP contribution >= 0.6 is 0 Å². The molecule has 0 aliphatic heterocycles. The molecule has 1 aliphatic carbocycles. The predicted molar refractivity (Wildman–Crippen MR) is 43.9 cm³/mol. The average Bonchev–Trinajstić information content (AvgIpc) is 2.33. The van der Waals surface area contributed by atoms with Crippen molar-refractivity contribution in [1.29, 1.82) is 0 Å². The molecule has 3 N–H and O–H groups in total. The van der Waals surface area contributed by atoms with Gasteiger partial charge in [0, 0.05) is 5.54 Å². The lowest BCUT2D eigenvalue weighted by atomic mass is 9.95. The summed E-state index contributed by atoms with van der Waals surface area (Å²) in [6.45, 7) is 1.07. The highest BCUT2D eigenvalue weighted by atomic mass is 14.8. The van der Waals surface area contributed by atoms with Gasteiger partial charge >= 0.3 is 0 Å². The molecule has 10 heavy (non-hydrogen) atoms. The van der Waals surface area contributed by atoms with E-state index >= 15 is 0 Å². The Morgan fingerprint density at radius 3 is 2.50 bits per heavy atom. The van der Waals surface area contributed by atoms with Crippen LogP contribution in [0.4, 0.5) is 0 Å². The van der Waals surface area contributed by atoms with E-state index in [1.165, 1.54) is 25.7 Å². The molecule has 0 aromatic rings. The first-order chi connectivity index (χ1) is 4.77. The minimum atomic E-state index is 0.184. The first-order valence-corrected chi connectivity index (χ1v) is 4.20. The lowest BCUT2D eigenvalue weighted by Gasteiger charge is -2.22. The summed E-state index contributed by atoms with van der Waals surface area (Å²) in [6, 6.07) is 0. The van der Waals surface area contributed by atoms with E-state index in [-0.39, 0.29) is 5.54 Å². The molecule has 1 saturated carbocycles. The third-order valence-electron chi connectivity index (χ3n) is 2.47. The Kier molecular flexibility index (Phi) is 2.69. The molecule has 60 valence electrons. The molecular formula is C8H18N2.